The predicted molar refractivity (Wildman–Crippen MR) is 71.7 cm³/mol. The normalized spacial score (nSPS) is 10.1. The van der Waals surface area contributed by atoms with Crippen LogP contribution in [0.1, 0.15) is 22.8 Å². The number of Topliss-reactive ketones (excluding diaryl/α,β-unsaturated/α-hetero) is 1. The van der Waals surface area contributed by atoms with Crippen molar-refractivity contribution in [3.63, 3.8) is 0 Å². The first-order chi connectivity index (χ1) is 8.69. The first-order valence-corrected chi connectivity index (χ1v) is 5.83. The molecule has 0 aliphatic rings. The van der Waals surface area contributed by atoms with E-state index in [9.17, 15) is 9.59 Å². The monoisotopic (exact) mass is 238 g/mol. The Bertz CT molecular complexity index is 551. The Balaban J connectivity index is 2.22. The number of benzene rings is 2. The topological polar surface area (TPSA) is 34.1 Å². The highest BCUT2D eigenvalue weighted by atomic mass is 16.1. The summed E-state index contributed by atoms with van der Waals surface area (Å²) in [5.74, 6) is 0.165. The fraction of sp³-hybridized carbons (Fsp3) is 0.125. The van der Waals surface area contributed by atoms with E-state index in [1.54, 1.807) is 19.1 Å². The van der Waals surface area contributed by atoms with Crippen molar-refractivity contribution in [3.05, 3.63) is 59.7 Å². The van der Waals surface area contributed by atoms with Crippen molar-refractivity contribution in [3.8, 4) is 11.1 Å². The summed E-state index contributed by atoms with van der Waals surface area (Å²) in [6, 6.07) is 15.3. The number of carbonyl (C=O) groups is 2. The van der Waals surface area contributed by atoms with Gasteiger partial charge in [0.05, 0.1) is 0 Å². The van der Waals surface area contributed by atoms with E-state index in [4.69, 9.17) is 0 Å². The highest BCUT2D eigenvalue weighted by molar-refractivity contribution is 5.79. The van der Waals surface area contributed by atoms with Gasteiger partial charge in [-0.25, -0.2) is 0 Å². The lowest BCUT2D eigenvalue weighted by Crippen LogP contribution is -1.95. The highest BCUT2D eigenvalue weighted by Crippen LogP contribution is 2.20. The summed E-state index contributed by atoms with van der Waals surface area (Å²) in [5, 5.41) is 0. The van der Waals surface area contributed by atoms with E-state index < -0.39 is 0 Å². The number of aldehydes is 1. The molecule has 0 bridgehead atoms. The van der Waals surface area contributed by atoms with Crippen LogP contribution in [0.2, 0.25) is 0 Å². The van der Waals surface area contributed by atoms with Crippen molar-refractivity contribution < 1.29 is 9.59 Å². The van der Waals surface area contributed by atoms with Gasteiger partial charge in [-0.1, -0.05) is 48.5 Å². The van der Waals surface area contributed by atoms with Gasteiger partial charge in [-0.2, -0.15) is 0 Å². The van der Waals surface area contributed by atoms with Crippen LogP contribution in [0.15, 0.2) is 48.5 Å². The first-order valence-electron chi connectivity index (χ1n) is 5.83. The molecule has 0 aromatic heterocycles. The molecule has 0 N–H and O–H groups in total. The standard InChI is InChI=1S/C16H14O2/c1-12(18)10-13-2-6-15(7-3-13)16-8-4-14(11-17)5-9-16/h2-9,11H,10H2,1H3. The van der Waals surface area contributed by atoms with Gasteiger partial charge < -0.3 is 0 Å². The molecule has 0 aliphatic carbocycles. The average molecular weight is 238 g/mol. The minimum Gasteiger partial charge on any atom is -0.300 e. The zero-order valence-corrected chi connectivity index (χ0v) is 10.2. The molecule has 90 valence electrons. The third-order valence-electron chi connectivity index (χ3n) is 2.79. The fourth-order valence-corrected chi connectivity index (χ4v) is 1.86. The van der Waals surface area contributed by atoms with Crippen LogP contribution >= 0.6 is 0 Å². The molecule has 18 heavy (non-hydrogen) atoms. The number of ketones is 1. The van der Waals surface area contributed by atoms with Crippen molar-refractivity contribution in [2.24, 2.45) is 0 Å². The zero-order chi connectivity index (χ0) is 13.0. The van der Waals surface area contributed by atoms with Crippen LogP contribution in [0.5, 0.6) is 0 Å². The molecule has 0 amide bonds. The third-order valence-corrected chi connectivity index (χ3v) is 2.79. The van der Waals surface area contributed by atoms with Gasteiger partial charge in [-0.15, -0.1) is 0 Å². The van der Waals surface area contributed by atoms with Gasteiger partial charge in [0, 0.05) is 12.0 Å². The summed E-state index contributed by atoms with van der Waals surface area (Å²) in [6.07, 6.45) is 1.31. The minimum absolute atomic E-state index is 0.165. The Hall–Kier alpha value is -2.22. The largest absolute Gasteiger partial charge is 0.300 e. The van der Waals surface area contributed by atoms with Crippen molar-refractivity contribution in [1.29, 1.82) is 0 Å². The smallest absolute Gasteiger partial charge is 0.150 e. The quantitative estimate of drug-likeness (QED) is 0.766. The molecule has 2 aromatic carbocycles. The first kappa shape index (κ1) is 12.2. The van der Waals surface area contributed by atoms with Crippen molar-refractivity contribution in [2.45, 2.75) is 13.3 Å². The van der Waals surface area contributed by atoms with E-state index >= 15 is 0 Å². The van der Waals surface area contributed by atoms with Crippen LogP contribution in [0.3, 0.4) is 0 Å². The maximum Gasteiger partial charge on any atom is 0.150 e. The number of hydrogen-bond acceptors (Lipinski definition) is 2. The van der Waals surface area contributed by atoms with Crippen LogP contribution in [0, 0.1) is 0 Å². The number of carbonyl (C=O) groups excluding carboxylic acids is 2. The summed E-state index contributed by atoms with van der Waals surface area (Å²) in [5.41, 5.74) is 3.84. The van der Waals surface area contributed by atoms with E-state index in [0.29, 0.717) is 12.0 Å². The Labute approximate surface area is 106 Å². The molecule has 0 saturated carbocycles. The molecule has 0 saturated heterocycles. The molecule has 0 atom stereocenters. The average Bonchev–Trinajstić information content (AvgIpc) is 2.39. The van der Waals surface area contributed by atoms with Gasteiger partial charge in [-0.3, -0.25) is 9.59 Å². The zero-order valence-electron chi connectivity index (χ0n) is 10.2. The van der Waals surface area contributed by atoms with Gasteiger partial charge in [0.15, 0.2) is 0 Å². The van der Waals surface area contributed by atoms with Crippen LogP contribution in [0.4, 0.5) is 0 Å². The van der Waals surface area contributed by atoms with Gasteiger partial charge in [-0.05, 0) is 23.6 Å². The Morgan fingerprint density at radius 2 is 1.44 bits per heavy atom. The second-order valence-corrected chi connectivity index (χ2v) is 4.32. The number of rotatable bonds is 4. The molecule has 2 nitrogen and oxygen atoms in total. The van der Waals surface area contributed by atoms with Crippen molar-refractivity contribution >= 4 is 12.1 Å². The van der Waals surface area contributed by atoms with E-state index in [1.165, 1.54) is 0 Å². The molecule has 2 aromatic rings. The van der Waals surface area contributed by atoms with Crippen molar-refractivity contribution in [1.82, 2.24) is 0 Å². The maximum atomic E-state index is 11.0. The fourth-order valence-electron chi connectivity index (χ4n) is 1.86. The SMILES string of the molecule is CC(=O)Cc1ccc(-c2ccc(C=O)cc2)cc1. The molecule has 2 rings (SSSR count). The lowest BCUT2D eigenvalue weighted by Gasteiger charge is -2.03. The Morgan fingerprint density at radius 3 is 1.89 bits per heavy atom. The van der Waals surface area contributed by atoms with Crippen LogP contribution < -0.4 is 0 Å². The predicted octanol–water partition coefficient (Wildman–Crippen LogP) is 3.30. The Morgan fingerprint density at radius 1 is 0.944 bits per heavy atom. The molecule has 0 fully saturated rings. The molecule has 0 unspecified atom stereocenters. The molecule has 0 heterocycles. The van der Waals surface area contributed by atoms with Crippen LogP contribution in [-0.2, 0) is 11.2 Å². The summed E-state index contributed by atoms with van der Waals surface area (Å²) < 4.78 is 0. The molecule has 0 spiro atoms. The van der Waals surface area contributed by atoms with Gasteiger partial charge in [0.1, 0.15) is 12.1 Å². The molecular weight excluding hydrogens is 224 g/mol. The summed E-state index contributed by atoms with van der Waals surface area (Å²) in [4.78, 5) is 21.6. The van der Waals surface area contributed by atoms with E-state index in [-0.39, 0.29) is 5.78 Å². The highest BCUT2D eigenvalue weighted by Gasteiger charge is 2.00. The summed E-state index contributed by atoms with van der Waals surface area (Å²) >= 11 is 0. The van der Waals surface area contributed by atoms with E-state index in [2.05, 4.69) is 0 Å². The van der Waals surface area contributed by atoms with E-state index in [1.807, 2.05) is 36.4 Å². The molecule has 2 heteroatoms. The summed E-state index contributed by atoms with van der Waals surface area (Å²) in [7, 11) is 0. The Kier molecular flexibility index (Phi) is 3.68. The molecular formula is C16H14O2. The lowest BCUT2D eigenvalue weighted by atomic mass is 10.0. The minimum atomic E-state index is 0.165. The summed E-state index contributed by atoms with van der Waals surface area (Å²) in [6.45, 7) is 1.59. The van der Waals surface area contributed by atoms with Crippen LogP contribution in [0.25, 0.3) is 11.1 Å². The van der Waals surface area contributed by atoms with Gasteiger partial charge in [0.2, 0.25) is 0 Å². The van der Waals surface area contributed by atoms with Crippen LogP contribution in [-0.4, -0.2) is 12.1 Å². The van der Waals surface area contributed by atoms with Crippen molar-refractivity contribution in [2.75, 3.05) is 0 Å². The molecule has 0 aliphatic heterocycles. The van der Waals surface area contributed by atoms with Gasteiger partial charge in [0.25, 0.3) is 0 Å². The second kappa shape index (κ2) is 5.41. The van der Waals surface area contributed by atoms with Gasteiger partial charge >= 0.3 is 0 Å². The molecule has 0 radical (unpaired) electrons. The van der Waals surface area contributed by atoms with E-state index in [0.717, 1.165) is 23.0 Å². The second-order valence-electron chi connectivity index (χ2n) is 4.32. The maximum absolute atomic E-state index is 11.0. The lowest BCUT2D eigenvalue weighted by molar-refractivity contribution is -0.116. The number of hydrogen-bond donors (Lipinski definition) is 0. The third kappa shape index (κ3) is 2.92.